The van der Waals surface area contributed by atoms with Crippen LogP contribution in [0.3, 0.4) is 0 Å². The Morgan fingerprint density at radius 3 is 2.55 bits per heavy atom. The number of nitrogens with zero attached hydrogens (tertiary/aromatic N) is 2. The van der Waals surface area contributed by atoms with E-state index in [-0.39, 0.29) is 36.4 Å². The summed E-state index contributed by atoms with van der Waals surface area (Å²) >= 11 is 0. The first-order valence-electron chi connectivity index (χ1n) is 10.9. The summed E-state index contributed by atoms with van der Waals surface area (Å²) in [6, 6.07) is 5.96. The van der Waals surface area contributed by atoms with Crippen molar-refractivity contribution in [2.45, 2.75) is 44.9 Å². The number of ether oxygens (including phenoxy) is 1. The third kappa shape index (κ3) is 4.69. The first kappa shape index (κ1) is 20.1. The molecule has 1 aromatic rings. The minimum Gasteiger partial charge on any atom is -0.378 e. The van der Waals surface area contributed by atoms with Gasteiger partial charge in [0.2, 0.25) is 11.8 Å². The van der Waals surface area contributed by atoms with E-state index in [1.165, 1.54) is 11.1 Å². The number of fused-ring (bicyclic) bond motifs is 1. The van der Waals surface area contributed by atoms with E-state index in [1.54, 1.807) is 4.90 Å². The average Bonchev–Trinajstić information content (AvgIpc) is 3.25. The lowest BCUT2D eigenvalue weighted by Crippen LogP contribution is -2.49. The molecule has 0 radical (unpaired) electrons. The van der Waals surface area contributed by atoms with Gasteiger partial charge < -0.3 is 14.5 Å². The van der Waals surface area contributed by atoms with E-state index < -0.39 is 0 Å². The van der Waals surface area contributed by atoms with Gasteiger partial charge in [0, 0.05) is 44.6 Å². The molecule has 0 spiro atoms. The molecule has 1 aliphatic carbocycles. The van der Waals surface area contributed by atoms with Crippen LogP contribution in [0.4, 0.5) is 0 Å². The van der Waals surface area contributed by atoms with Gasteiger partial charge in [0.25, 0.3) is 0 Å². The summed E-state index contributed by atoms with van der Waals surface area (Å²) in [6.07, 6.45) is 5.41. The van der Waals surface area contributed by atoms with Gasteiger partial charge in [0.05, 0.1) is 19.1 Å². The topological polar surface area (TPSA) is 66.9 Å². The van der Waals surface area contributed by atoms with Crippen molar-refractivity contribution in [3.8, 4) is 0 Å². The van der Waals surface area contributed by atoms with E-state index in [0.29, 0.717) is 39.4 Å². The lowest BCUT2D eigenvalue weighted by atomic mass is 9.95. The van der Waals surface area contributed by atoms with Crippen molar-refractivity contribution in [2.24, 2.45) is 5.92 Å². The van der Waals surface area contributed by atoms with Crippen molar-refractivity contribution in [3.05, 3.63) is 34.9 Å². The summed E-state index contributed by atoms with van der Waals surface area (Å²) in [5, 5.41) is 0. The average molecular weight is 399 g/mol. The molecular formula is C23H30N2O4. The molecule has 1 atom stereocenters. The van der Waals surface area contributed by atoms with Crippen molar-refractivity contribution in [1.82, 2.24) is 9.80 Å². The van der Waals surface area contributed by atoms with E-state index >= 15 is 0 Å². The van der Waals surface area contributed by atoms with E-state index in [0.717, 1.165) is 37.7 Å². The molecule has 0 aromatic heterocycles. The number of carbonyl (C=O) groups excluding carboxylic acids is 3. The molecule has 2 heterocycles. The van der Waals surface area contributed by atoms with Gasteiger partial charge in [0.15, 0.2) is 5.78 Å². The second-order valence-electron chi connectivity index (χ2n) is 8.38. The maximum Gasteiger partial charge on any atom is 0.227 e. The predicted octanol–water partition coefficient (Wildman–Crippen LogP) is 2.24. The molecule has 1 aromatic carbocycles. The van der Waals surface area contributed by atoms with E-state index in [4.69, 9.17) is 4.74 Å². The molecule has 0 N–H and O–H groups in total. The summed E-state index contributed by atoms with van der Waals surface area (Å²) in [4.78, 5) is 41.6. The molecule has 2 saturated heterocycles. The Balaban J connectivity index is 1.28. The van der Waals surface area contributed by atoms with Crippen molar-refractivity contribution >= 4 is 17.6 Å². The molecule has 29 heavy (non-hydrogen) atoms. The number of carbonyl (C=O) groups is 3. The van der Waals surface area contributed by atoms with Crippen LogP contribution in [0.5, 0.6) is 0 Å². The fourth-order valence-electron chi connectivity index (χ4n) is 4.72. The number of hydrogen-bond acceptors (Lipinski definition) is 4. The van der Waals surface area contributed by atoms with Gasteiger partial charge in [-0.25, -0.2) is 0 Å². The molecule has 6 nitrogen and oxygen atoms in total. The predicted molar refractivity (Wildman–Crippen MR) is 109 cm³/mol. The number of rotatable bonds is 5. The quantitative estimate of drug-likeness (QED) is 0.714. The Kier molecular flexibility index (Phi) is 6.28. The standard InChI is InChI=1S/C23H30N2O4/c26-21(19-7-6-17-3-1-4-18(17)15-19)8-9-22(27)25-10-2-5-20(16-25)23(28)24-11-13-29-14-12-24/h6-7,15,20H,1-5,8-14,16H2. The maximum atomic E-state index is 12.7. The SMILES string of the molecule is O=C(CCC(=O)N1CCCC(C(=O)N2CCOCC2)C1)c1ccc2c(c1)CCC2. The summed E-state index contributed by atoms with van der Waals surface area (Å²) in [5.41, 5.74) is 3.35. The molecular weight excluding hydrogens is 368 g/mol. The molecule has 156 valence electrons. The fraction of sp³-hybridized carbons (Fsp3) is 0.609. The van der Waals surface area contributed by atoms with E-state index in [1.807, 2.05) is 17.0 Å². The third-order valence-corrected chi connectivity index (χ3v) is 6.43. The molecule has 1 unspecified atom stereocenters. The van der Waals surface area contributed by atoms with Crippen molar-refractivity contribution in [3.63, 3.8) is 0 Å². The minimum atomic E-state index is -0.127. The zero-order valence-corrected chi connectivity index (χ0v) is 17.0. The van der Waals surface area contributed by atoms with Crippen LogP contribution in [-0.4, -0.2) is 66.8 Å². The highest BCUT2D eigenvalue weighted by Gasteiger charge is 2.31. The van der Waals surface area contributed by atoms with Gasteiger partial charge >= 0.3 is 0 Å². The Hall–Kier alpha value is -2.21. The second-order valence-corrected chi connectivity index (χ2v) is 8.38. The monoisotopic (exact) mass is 398 g/mol. The van der Waals surface area contributed by atoms with Gasteiger partial charge in [-0.1, -0.05) is 12.1 Å². The molecule has 2 fully saturated rings. The normalized spacial score (nSPS) is 21.7. The van der Waals surface area contributed by atoms with Gasteiger partial charge in [-0.2, -0.15) is 0 Å². The molecule has 0 saturated carbocycles. The number of amides is 2. The van der Waals surface area contributed by atoms with Crippen LogP contribution in [0, 0.1) is 5.92 Å². The molecule has 4 rings (SSSR count). The number of hydrogen-bond donors (Lipinski definition) is 0. The van der Waals surface area contributed by atoms with Crippen molar-refractivity contribution in [2.75, 3.05) is 39.4 Å². The Morgan fingerprint density at radius 1 is 0.931 bits per heavy atom. The molecule has 0 bridgehead atoms. The zero-order chi connectivity index (χ0) is 20.2. The number of benzene rings is 1. The highest BCUT2D eigenvalue weighted by atomic mass is 16.5. The Morgan fingerprint density at radius 2 is 1.72 bits per heavy atom. The second kappa shape index (κ2) is 9.08. The number of aryl methyl sites for hydroxylation is 2. The third-order valence-electron chi connectivity index (χ3n) is 6.43. The van der Waals surface area contributed by atoms with E-state index in [9.17, 15) is 14.4 Å². The highest BCUT2D eigenvalue weighted by Crippen LogP contribution is 2.24. The van der Waals surface area contributed by atoms with Gasteiger partial charge in [-0.15, -0.1) is 0 Å². The molecule has 2 aliphatic heterocycles. The highest BCUT2D eigenvalue weighted by molar-refractivity contribution is 5.98. The summed E-state index contributed by atoms with van der Waals surface area (Å²) in [7, 11) is 0. The van der Waals surface area contributed by atoms with Crippen LogP contribution in [0.15, 0.2) is 18.2 Å². The van der Waals surface area contributed by atoms with Crippen LogP contribution >= 0.6 is 0 Å². The van der Waals surface area contributed by atoms with Crippen molar-refractivity contribution < 1.29 is 19.1 Å². The molecule has 2 amide bonds. The van der Waals surface area contributed by atoms with E-state index in [2.05, 4.69) is 6.07 Å². The number of Topliss-reactive ketones (excluding diaryl/α,β-unsaturated/α-hetero) is 1. The number of likely N-dealkylation sites (tertiary alicyclic amines) is 1. The fourth-order valence-corrected chi connectivity index (χ4v) is 4.72. The Labute approximate surface area is 172 Å². The first-order valence-corrected chi connectivity index (χ1v) is 10.9. The zero-order valence-electron chi connectivity index (χ0n) is 17.0. The van der Waals surface area contributed by atoms with Crippen LogP contribution in [-0.2, 0) is 27.2 Å². The summed E-state index contributed by atoms with van der Waals surface area (Å²) in [6.45, 7) is 3.61. The van der Waals surface area contributed by atoms with Gasteiger partial charge in [0.1, 0.15) is 0 Å². The Bertz CT molecular complexity index is 785. The summed E-state index contributed by atoms with van der Waals surface area (Å²) in [5.74, 6) is 0.0308. The minimum absolute atomic E-state index is 0.0148. The number of piperidine rings is 1. The number of morpholine rings is 1. The molecule has 3 aliphatic rings. The lowest BCUT2D eigenvalue weighted by Gasteiger charge is -2.36. The van der Waals surface area contributed by atoms with Crippen LogP contribution in [0.2, 0.25) is 0 Å². The smallest absolute Gasteiger partial charge is 0.227 e. The number of ketones is 1. The maximum absolute atomic E-state index is 12.7. The van der Waals surface area contributed by atoms with Crippen LogP contribution < -0.4 is 0 Å². The lowest BCUT2D eigenvalue weighted by molar-refractivity contribution is -0.144. The first-order chi connectivity index (χ1) is 14.1. The summed E-state index contributed by atoms with van der Waals surface area (Å²) < 4.78 is 5.32. The van der Waals surface area contributed by atoms with Crippen LogP contribution in [0.1, 0.15) is 53.6 Å². The van der Waals surface area contributed by atoms with Gasteiger partial charge in [-0.05, 0) is 49.3 Å². The van der Waals surface area contributed by atoms with Crippen molar-refractivity contribution in [1.29, 1.82) is 0 Å². The van der Waals surface area contributed by atoms with Gasteiger partial charge in [-0.3, -0.25) is 14.4 Å². The largest absolute Gasteiger partial charge is 0.378 e. The van der Waals surface area contributed by atoms with Crippen LogP contribution in [0.25, 0.3) is 0 Å². The molecule has 6 heteroatoms.